The average Bonchev–Trinajstić information content (AvgIpc) is 3.33. The Bertz CT molecular complexity index is 756. The van der Waals surface area contributed by atoms with Gasteiger partial charge in [0.1, 0.15) is 0 Å². The molecule has 2 N–H and O–H groups in total. The lowest BCUT2D eigenvalue weighted by Crippen LogP contribution is -2.72. The van der Waals surface area contributed by atoms with Crippen molar-refractivity contribution in [3.8, 4) is 0 Å². The molecule has 5 rings (SSSR count). The van der Waals surface area contributed by atoms with E-state index < -0.39 is 0 Å². The number of morpholine rings is 1. The van der Waals surface area contributed by atoms with Gasteiger partial charge in [0.25, 0.3) is 0 Å². The molecule has 0 aromatic carbocycles. The second-order valence-corrected chi connectivity index (χ2v) is 10.6. The molecule has 1 aromatic heterocycles. The molecule has 0 bridgehead atoms. The highest BCUT2D eigenvalue weighted by atomic mass is 32.1. The fourth-order valence-corrected chi connectivity index (χ4v) is 7.01. The summed E-state index contributed by atoms with van der Waals surface area (Å²) in [5.41, 5.74) is 0.367. The lowest BCUT2D eigenvalue weighted by atomic mass is 9.46. The molecule has 4 atom stereocenters. The van der Waals surface area contributed by atoms with E-state index in [2.05, 4.69) is 41.5 Å². The zero-order valence-corrected chi connectivity index (χ0v) is 19.2. The Morgan fingerprint density at radius 3 is 2.80 bits per heavy atom. The molecule has 2 aliphatic carbocycles. The van der Waals surface area contributed by atoms with Crippen molar-refractivity contribution in [2.75, 3.05) is 46.0 Å². The number of aryl methyl sites for hydroxylation is 1. The van der Waals surface area contributed by atoms with Gasteiger partial charge < -0.3 is 20.1 Å². The average molecular weight is 433 g/mol. The minimum atomic E-state index is 0.324. The second kappa shape index (κ2) is 8.77. The molecule has 4 unspecified atom stereocenters. The van der Waals surface area contributed by atoms with Gasteiger partial charge in [-0.2, -0.15) is 0 Å². The third kappa shape index (κ3) is 3.68. The third-order valence-electron chi connectivity index (χ3n) is 7.67. The van der Waals surface area contributed by atoms with Gasteiger partial charge in [-0.05, 0) is 45.2 Å². The minimum absolute atomic E-state index is 0.324. The van der Waals surface area contributed by atoms with Crippen molar-refractivity contribution in [1.29, 1.82) is 0 Å². The first-order chi connectivity index (χ1) is 14.7. The van der Waals surface area contributed by atoms with Crippen LogP contribution >= 0.6 is 11.3 Å². The van der Waals surface area contributed by atoms with E-state index in [0.29, 0.717) is 29.5 Å². The standard InChI is InChI=1S/C23H36N4O2S/c1-3-24-22(26-20-17-7-12-29-21(17)23(20)8-4-9-23)25-15-18(19-6-5-16(2)30-19)27-10-13-28-14-11-27/h5-6,17-18,20-21H,3-4,7-15H2,1-2H3,(H2,24,25,26). The zero-order chi connectivity index (χ0) is 20.6. The molecule has 2 saturated heterocycles. The number of nitrogens with zero attached hydrogens (tertiary/aromatic N) is 2. The summed E-state index contributed by atoms with van der Waals surface area (Å²) in [5, 5.41) is 7.37. The largest absolute Gasteiger partial charge is 0.379 e. The van der Waals surface area contributed by atoms with Gasteiger partial charge in [-0.15, -0.1) is 11.3 Å². The van der Waals surface area contributed by atoms with Crippen LogP contribution in [0.4, 0.5) is 0 Å². The Hall–Kier alpha value is -1.15. The number of ether oxygens (including phenoxy) is 2. The van der Waals surface area contributed by atoms with E-state index >= 15 is 0 Å². The van der Waals surface area contributed by atoms with E-state index in [1.807, 2.05) is 11.3 Å². The Morgan fingerprint density at radius 2 is 2.13 bits per heavy atom. The highest BCUT2D eigenvalue weighted by molar-refractivity contribution is 7.12. The van der Waals surface area contributed by atoms with Crippen LogP contribution in [0.25, 0.3) is 0 Å². The molecule has 4 fully saturated rings. The first kappa shape index (κ1) is 20.7. The zero-order valence-electron chi connectivity index (χ0n) is 18.4. The molecule has 6 nitrogen and oxygen atoms in total. The van der Waals surface area contributed by atoms with E-state index in [1.54, 1.807) is 0 Å². The molecule has 2 aliphatic heterocycles. The number of hydrogen-bond acceptors (Lipinski definition) is 5. The van der Waals surface area contributed by atoms with E-state index in [-0.39, 0.29) is 0 Å². The first-order valence-corrected chi connectivity index (χ1v) is 12.6. The Kier molecular flexibility index (Phi) is 6.06. The van der Waals surface area contributed by atoms with Crippen molar-refractivity contribution in [2.24, 2.45) is 16.3 Å². The number of guanidine groups is 1. The van der Waals surface area contributed by atoms with Gasteiger partial charge >= 0.3 is 0 Å². The summed E-state index contributed by atoms with van der Waals surface area (Å²) in [5.74, 6) is 1.63. The molecule has 166 valence electrons. The number of hydrogen-bond donors (Lipinski definition) is 2. The second-order valence-electron chi connectivity index (χ2n) is 9.28. The van der Waals surface area contributed by atoms with Gasteiger partial charge in [0.05, 0.1) is 31.9 Å². The van der Waals surface area contributed by atoms with E-state index in [9.17, 15) is 0 Å². The van der Waals surface area contributed by atoms with Crippen LogP contribution in [-0.2, 0) is 9.47 Å². The quantitative estimate of drug-likeness (QED) is 0.535. The third-order valence-corrected chi connectivity index (χ3v) is 8.77. The summed E-state index contributed by atoms with van der Waals surface area (Å²) in [4.78, 5) is 10.4. The first-order valence-electron chi connectivity index (χ1n) is 11.8. The van der Waals surface area contributed by atoms with Crippen molar-refractivity contribution >= 4 is 17.3 Å². The van der Waals surface area contributed by atoms with Crippen LogP contribution in [0.5, 0.6) is 0 Å². The number of fused-ring (bicyclic) bond motifs is 2. The summed E-state index contributed by atoms with van der Waals surface area (Å²) in [6, 6.07) is 5.36. The van der Waals surface area contributed by atoms with Crippen molar-refractivity contribution < 1.29 is 9.47 Å². The molecule has 0 radical (unpaired) electrons. The molecule has 1 spiro atoms. The molecule has 0 amide bonds. The van der Waals surface area contributed by atoms with Crippen molar-refractivity contribution in [1.82, 2.24) is 15.5 Å². The maximum absolute atomic E-state index is 6.10. The van der Waals surface area contributed by atoms with Gasteiger partial charge in [-0.1, -0.05) is 6.42 Å². The van der Waals surface area contributed by atoms with Crippen LogP contribution in [-0.4, -0.2) is 69.0 Å². The van der Waals surface area contributed by atoms with Crippen LogP contribution in [0, 0.1) is 18.3 Å². The van der Waals surface area contributed by atoms with Gasteiger partial charge in [0, 0.05) is 53.4 Å². The molecule has 30 heavy (non-hydrogen) atoms. The molecule has 4 aliphatic rings. The highest BCUT2D eigenvalue weighted by Crippen LogP contribution is 2.62. The summed E-state index contributed by atoms with van der Waals surface area (Å²) in [7, 11) is 0. The summed E-state index contributed by atoms with van der Waals surface area (Å²) in [6.07, 6.45) is 5.62. The monoisotopic (exact) mass is 432 g/mol. The topological polar surface area (TPSA) is 58.1 Å². The number of aliphatic imine (C=N–C) groups is 1. The van der Waals surface area contributed by atoms with Crippen LogP contribution in [0.2, 0.25) is 0 Å². The van der Waals surface area contributed by atoms with Crippen molar-refractivity contribution in [2.45, 2.75) is 57.7 Å². The molecular weight excluding hydrogens is 396 g/mol. The van der Waals surface area contributed by atoms with Crippen LogP contribution < -0.4 is 10.6 Å². The van der Waals surface area contributed by atoms with E-state index in [0.717, 1.165) is 52.0 Å². The summed E-state index contributed by atoms with van der Waals surface area (Å²) >= 11 is 1.90. The van der Waals surface area contributed by atoms with Gasteiger partial charge in [0.2, 0.25) is 0 Å². The van der Waals surface area contributed by atoms with Crippen molar-refractivity contribution in [3.63, 3.8) is 0 Å². The number of rotatable bonds is 6. The summed E-state index contributed by atoms with van der Waals surface area (Å²) in [6.45, 7) is 10.5. The Morgan fingerprint density at radius 1 is 1.30 bits per heavy atom. The normalized spacial score (nSPS) is 31.7. The fraction of sp³-hybridized carbons (Fsp3) is 0.783. The van der Waals surface area contributed by atoms with Crippen LogP contribution in [0.3, 0.4) is 0 Å². The molecule has 2 saturated carbocycles. The molecule has 1 aromatic rings. The van der Waals surface area contributed by atoms with Crippen molar-refractivity contribution in [3.05, 3.63) is 21.9 Å². The molecule has 7 heteroatoms. The minimum Gasteiger partial charge on any atom is -0.379 e. The lowest BCUT2D eigenvalue weighted by Gasteiger charge is -2.63. The predicted molar refractivity (Wildman–Crippen MR) is 121 cm³/mol. The van der Waals surface area contributed by atoms with Gasteiger partial charge in [-0.25, -0.2) is 0 Å². The highest BCUT2D eigenvalue weighted by Gasteiger charge is 2.66. The number of nitrogens with one attached hydrogen (secondary N) is 2. The smallest absolute Gasteiger partial charge is 0.191 e. The van der Waals surface area contributed by atoms with Crippen LogP contribution in [0.15, 0.2) is 17.1 Å². The van der Waals surface area contributed by atoms with Crippen LogP contribution in [0.1, 0.15) is 48.4 Å². The summed E-state index contributed by atoms with van der Waals surface area (Å²) < 4.78 is 11.7. The fourth-order valence-electron chi connectivity index (χ4n) is 6.01. The molecular formula is C23H36N4O2S. The predicted octanol–water partition coefficient (Wildman–Crippen LogP) is 2.94. The number of thiophene rings is 1. The van der Waals surface area contributed by atoms with E-state index in [4.69, 9.17) is 14.5 Å². The lowest BCUT2D eigenvalue weighted by molar-refractivity contribution is -0.171. The van der Waals surface area contributed by atoms with Gasteiger partial charge in [-0.3, -0.25) is 9.89 Å². The van der Waals surface area contributed by atoms with E-state index in [1.165, 1.54) is 35.4 Å². The SMILES string of the molecule is CCNC(=NCC(c1ccc(C)s1)N1CCOCC1)NC1C2CCOC2C12CCC2. The maximum atomic E-state index is 6.10. The molecule has 3 heterocycles. The van der Waals surface area contributed by atoms with Gasteiger partial charge in [0.15, 0.2) is 5.96 Å². The maximum Gasteiger partial charge on any atom is 0.191 e. The Labute approximate surface area is 184 Å². The Balaban J connectivity index is 1.32.